The van der Waals surface area contributed by atoms with Gasteiger partial charge in [0.25, 0.3) is 0 Å². The SMILES string of the molecule is CC1CC1C(=O)NCc1cccnc1. The molecule has 1 saturated carbocycles. The quantitative estimate of drug-likeness (QED) is 0.781. The molecule has 1 amide bonds. The number of aromatic nitrogens is 1. The molecule has 2 rings (SSSR count). The number of nitrogens with zero attached hydrogens (tertiary/aromatic N) is 1. The van der Waals surface area contributed by atoms with Crippen molar-refractivity contribution >= 4 is 5.91 Å². The van der Waals surface area contributed by atoms with Crippen LogP contribution in [-0.4, -0.2) is 10.9 Å². The minimum atomic E-state index is 0.182. The Morgan fingerprint density at radius 1 is 1.71 bits per heavy atom. The summed E-state index contributed by atoms with van der Waals surface area (Å²) in [5.74, 6) is 1.01. The van der Waals surface area contributed by atoms with Gasteiger partial charge in [0.1, 0.15) is 0 Å². The third kappa shape index (κ3) is 2.10. The molecule has 0 saturated heterocycles. The van der Waals surface area contributed by atoms with Crippen LogP contribution in [-0.2, 0) is 11.3 Å². The highest BCUT2D eigenvalue weighted by atomic mass is 16.2. The Labute approximate surface area is 83.5 Å². The number of nitrogens with one attached hydrogen (secondary N) is 1. The zero-order chi connectivity index (χ0) is 9.97. The van der Waals surface area contributed by atoms with Crippen molar-refractivity contribution in [3.63, 3.8) is 0 Å². The lowest BCUT2D eigenvalue weighted by molar-refractivity contribution is -0.122. The summed E-state index contributed by atoms with van der Waals surface area (Å²) >= 11 is 0. The molecule has 0 radical (unpaired) electrons. The van der Waals surface area contributed by atoms with Crippen LogP contribution in [0, 0.1) is 11.8 Å². The summed E-state index contributed by atoms with van der Waals surface area (Å²) < 4.78 is 0. The van der Waals surface area contributed by atoms with Crippen molar-refractivity contribution in [2.75, 3.05) is 0 Å². The first kappa shape index (κ1) is 9.19. The third-order valence-corrected chi connectivity index (χ3v) is 2.64. The van der Waals surface area contributed by atoms with E-state index >= 15 is 0 Å². The van der Waals surface area contributed by atoms with Crippen LogP contribution in [0.15, 0.2) is 24.5 Å². The Morgan fingerprint density at radius 2 is 2.50 bits per heavy atom. The van der Waals surface area contributed by atoms with Gasteiger partial charge < -0.3 is 5.32 Å². The van der Waals surface area contributed by atoms with Crippen molar-refractivity contribution in [3.8, 4) is 0 Å². The van der Waals surface area contributed by atoms with Crippen LogP contribution >= 0.6 is 0 Å². The molecule has 74 valence electrons. The average molecular weight is 190 g/mol. The van der Waals surface area contributed by atoms with E-state index in [1.807, 2.05) is 12.1 Å². The van der Waals surface area contributed by atoms with Crippen molar-refractivity contribution < 1.29 is 4.79 Å². The molecule has 1 heterocycles. The summed E-state index contributed by atoms with van der Waals surface area (Å²) in [7, 11) is 0. The highest BCUT2D eigenvalue weighted by Crippen LogP contribution is 2.37. The van der Waals surface area contributed by atoms with Crippen LogP contribution in [0.25, 0.3) is 0 Å². The molecule has 1 fully saturated rings. The largest absolute Gasteiger partial charge is 0.352 e. The second-order valence-electron chi connectivity index (χ2n) is 3.90. The first-order chi connectivity index (χ1) is 6.77. The maximum absolute atomic E-state index is 11.5. The molecule has 1 aromatic heterocycles. The lowest BCUT2D eigenvalue weighted by Gasteiger charge is -2.03. The second-order valence-corrected chi connectivity index (χ2v) is 3.90. The van der Waals surface area contributed by atoms with Crippen molar-refractivity contribution in [2.24, 2.45) is 11.8 Å². The zero-order valence-electron chi connectivity index (χ0n) is 8.23. The van der Waals surface area contributed by atoms with Gasteiger partial charge in [-0.2, -0.15) is 0 Å². The topological polar surface area (TPSA) is 42.0 Å². The van der Waals surface area contributed by atoms with Crippen molar-refractivity contribution in [2.45, 2.75) is 19.9 Å². The maximum Gasteiger partial charge on any atom is 0.223 e. The summed E-state index contributed by atoms with van der Waals surface area (Å²) in [6.07, 6.45) is 4.55. The highest BCUT2D eigenvalue weighted by Gasteiger charge is 2.38. The molecular formula is C11H14N2O. The van der Waals surface area contributed by atoms with E-state index in [1.54, 1.807) is 12.4 Å². The van der Waals surface area contributed by atoms with Gasteiger partial charge >= 0.3 is 0 Å². The Bertz CT molecular complexity index is 323. The van der Waals surface area contributed by atoms with Gasteiger partial charge in [-0.15, -0.1) is 0 Å². The van der Waals surface area contributed by atoms with Gasteiger partial charge in [-0.3, -0.25) is 9.78 Å². The van der Waals surface area contributed by atoms with Gasteiger partial charge in [0.05, 0.1) is 0 Å². The molecule has 0 bridgehead atoms. The summed E-state index contributed by atoms with van der Waals surface area (Å²) in [4.78, 5) is 15.4. The summed E-state index contributed by atoms with van der Waals surface area (Å²) in [5.41, 5.74) is 1.05. The smallest absolute Gasteiger partial charge is 0.223 e. The fraction of sp³-hybridized carbons (Fsp3) is 0.455. The number of carbonyl (C=O) groups excluding carboxylic acids is 1. The number of amides is 1. The van der Waals surface area contributed by atoms with Gasteiger partial charge in [0, 0.05) is 24.9 Å². The maximum atomic E-state index is 11.5. The first-order valence-electron chi connectivity index (χ1n) is 4.94. The van der Waals surface area contributed by atoms with Crippen molar-refractivity contribution in [3.05, 3.63) is 30.1 Å². The number of hydrogen-bond acceptors (Lipinski definition) is 2. The van der Waals surface area contributed by atoms with Crippen molar-refractivity contribution in [1.82, 2.24) is 10.3 Å². The summed E-state index contributed by atoms with van der Waals surface area (Å²) in [6.45, 7) is 2.70. The highest BCUT2D eigenvalue weighted by molar-refractivity contribution is 5.81. The molecule has 14 heavy (non-hydrogen) atoms. The van der Waals surface area contributed by atoms with Crippen LogP contribution < -0.4 is 5.32 Å². The van der Waals surface area contributed by atoms with Gasteiger partial charge in [0.15, 0.2) is 0 Å². The Morgan fingerprint density at radius 3 is 3.07 bits per heavy atom. The molecular weight excluding hydrogens is 176 g/mol. The van der Waals surface area contributed by atoms with Gasteiger partial charge in [0.2, 0.25) is 5.91 Å². The predicted molar refractivity (Wildman–Crippen MR) is 53.4 cm³/mol. The van der Waals surface area contributed by atoms with E-state index in [4.69, 9.17) is 0 Å². The summed E-state index contributed by atoms with van der Waals surface area (Å²) in [6, 6.07) is 3.84. The Kier molecular flexibility index (Phi) is 2.48. The van der Waals surface area contributed by atoms with E-state index in [0.717, 1.165) is 12.0 Å². The predicted octanol–water partition coefficient (Wildman–Crippen LogP) is 1.35. The lowest BCUT2D eigenvalue weighted by Crippen LogP contribution is -2.24. The van der Waals surface area contributed by atoms with E-state index in [2.05, 4.69) is 17.2 Å². The standard InChI is InChI=1S/C11H14N2O/c1-8-5-10(8)11(14)13-7-9-3-2-4-12-6-9/h2-4,6,8,10H,5,7H2,1H3,(H,13,14). The van der Waals surface area contributed by atoms with E-state index in [1.165, 1.54) is 0 Å². The second kappa shape index (κ2) is 3.78. The number of pyridine rings is 1. The number of hydrogen-bond donors (Lipinski definition) is 1. The molecule has 2 atom stereocenters. The monoisotopic (exact) mass is 190 g/mol. The average Bonchev–Trinajstić information content (AvgIpc) is 2.94. The van der Waals surface area contributed by atoms with Crippen LogP contribution in [0.5, 0.6) is 0 Å². The van der Waals surface area contributed by atoms with E-state index in [0.29, 0.717) is 12.5 Å². The van der Waals surface area contributed by atoms with E-state index in [-0.39, 0.29) is 11.8 Å². The Balaban J connectivity index is 1.80. The van der Waals surface area contributed by atoms with Crippen LogP contribution in [0.4, 0.5) is 0 Å². The molecule has 3 heteroatoms. The fourth-order valence-corrected chi connectivity index (χ4v) is 1.51. The van der Waals surface area contributed by atoms with E-state index < -0.39 is 0 Å². The van der Waals surface area contributed by atoms with Gasteiger partial charge in [-0.05, 0) is 24.0 Å². The molecule has 0 aromatic carbocycles. The number of rotatable bonds is 3. The zero-order valence-corrected chi connectivity index (χ0v) is 8.23. The minimum Gasteiger partial charge on any atom is -0.352 e. The van der Waals surface area contributed by atoms with Crippen LogP contribution in [0.1, 0.15) is 18.9 Å². The van der Waals surface area contributed by atoms with Gasteiger partial charge in [-0.1, -0.05) is 13.0 Å². The molecule has 2 unspecified atom stereocenters. The normalized spacial score (nSPS) is 24.4. The Hall–Kier alpha value is -1.38. The molecule has 1 aliphatic carbocycles. The number of carbonyl (C=O) groups is 1. The van der Waals surface area contributed by atoms with E-state index in [9.17, 15) is 4.79 Å². The minimum absolute atomic E-state index is 0.182. The fourth-order valence-electron chi connectivity index (χ4n) is 1.51. The molecule has 0 aliphatic heterocycles. The van der Waals surface area contributed by atoms with Crippen LogP contribution in [0.2, 0.25) is 0 Å². The lowest BCUT2D eigenvalue weighted by atomic mass is 10.2. The first-order valence-corrected chi connectivity index (χ1v) is 4.94. The molecule has 3 nitrogen and oxygen atoms in total. The molecule has 1 N–H and O–H groups in total. The molecule has 1 aliphatic rings. The van der Waals surface area contributed by atoms with Crippen LogP contribution in [0.3, 0.4) is 0 Å². The molecule has 1 aromatic rings. The van der Waals surface area contributed by atoms with Gasteiger partial charge in [-0.25, -0.2) is 0 Å². The summed E-state index contributed by atoms with van der Waals surface area (Å²) in [5, 5.41) is 2.91. The molecule has 0 spiro atoms. The van der Waals surface area contributed by atoms with Crippen molar-refractivity contribution in [1.29, 1.82) is 0 Å². The third-order valence-electron chi connectivity index (χ3n) is 2.64.